The van der Waals surface area contributed by atoms with E-state index in [1.165, 1.54) is 0 Å². The van der Waals surface area contributed by atoms with Gasteiger partial charge in [0.1, 0.15) is 5.78 Å². The van der Waals surface area contributed by atoms with Crippen molar-refractivity contribution in [3.8, 4) is 0 Å². The van der Waals surface area contributed by atoms with Gasteiger partial charge in [0.2, 0.25) is 9.84 Å². The second-order valence-electron chi connectivity index (χ2n) is 7.21. The van der Waals surface area contributed by atoms with Crippen molar-refractivity contribution in [2.24, 2.45) is 7.05 Å². The van der Waals surface area contributed by atoms with Crippen molar-refractivity contribution in [1.29, 1.82) is 0 Å². The minimum Gasteiger partial charge on any atom is -0.299 e. The van der Waals surface area contributed by atoms with Crippen LogP contribution < -0.4 is 0 Å². The number of benzene rings is 2. The number of rotatable bonds is 7. The molecule has 0 saturated carbocycles. The third-order valence-corrected chi connectivity index (χ3v) is 6.85. The molecule has 4 aromatic rings. The minimum absolute atomic E-state index is 0.108. The zero-order chi connectivity index (χ0) is 21.1. The number of aromatic nitrogens is 3. The number of hydrogen-bond donors (Lipinski definition) is 0. The van der Waals surface area contributed by atoms with E-state index in [2.05, 4.69) is 10.1 Å². The first-order valence-electron chi connectivity index (χ1n) is 9.60. The van der Waals surface area contributed by atoms with E-state index in [0.29, 0.717) is 12.8 Å². The van der Waals surface area contributed by atoms with E-state index in [1.807, 2.05) is 12.1 Å². The summed E-state index contributed by atoms with van der Waals surface area (Å²) in [6, 6.07) is 15.3. The molecule has 0 N–H and O–H groups in total. The summed E-state index contributed by atoms with van der Waals surface area (Å²) in [7, 11) is -1.87. The molecule has 0 aliphatic carbocycles. The molecule has 0 unspecified atom stereocenters. The molecule has 0 fully saturated rings. The number of sulfone groups is 1. The van der Waals surface area contributed by atoms with Gasteiger partial charge in [-0.05, 0) is 53.9 Å². The predicted octanol–water partition coefficient (Wildman–Crippen LogP) is 3.55. The van der Waals surface area contributed by atoms with Gasteiger partial charge in [0.25, 0.3) is 0 Å². The Balaban J connectivity index is 1.46. The lowest BCUT2D eigenvalue weighted by Gasteiger charge is -2.07. The smallest absolute Gasteiger partial charge is 0.206 e. The lowest BCUT2D eigenvalue weighted by molar-refractivity contribution is -0.118. The molecular formula is C23H21N3O3S. The Morgan fingerprint density at radius 3 is 2.47 bits per heavy atom. The summed E-state index contributed by atoms with van der Waals surface area (Å²) in [6.07, 6.45) is 6.52. The molecule has 4 rings (SSSR count). The highest BCUT2D eigenvalue weighted by molar-refractivity contribution is 7.91. The average Bonchev–Trinajstić information content (AvgIpc) is 3.14. The predicted molar refractivity (Wildman–Crippen MR) is 114 cm³/mol. The van der Waals surface area contributed by atoms with E-state index in [0.717, 1.165) is 22.0 Å². The van der Waals surface area contributed by atoms with Gasteiger partial charge >= 0.3 is 0 Å². The molecule has 0 aliphatic heterocycles. The van der Waals surface area contributed by atoms with E-state index in [9.17, 15) is 13.2 Å². The normalized spacial score (nSPS) is 11.6. The zero-order valence-electron chi connectivity index (χ0n) is 16.5. The number of nitrogens with zero attached hydrogens (tertiary/aromatic N) is 3. The van der Waals surface area contributed by atoms with Crippen molar-refractivity contribution in [2.45, 2.75) is 29.1 Å². The first-order chi connectivity index (χ1) is 14.4. The third kappa shape index (κ3) is 4.16. The quantitative estimate of drug-likeness (QED) is 0.458. The maximum atomic E-state index is 13.0. The molecule has 2 aromatic heterocycles. The van der Waals surface area contributed by atoms with Crippen molar-refractivity contribution in [1.82, 2.24) is 14.8 Å². The maximum Gasteiger partial charge on any atom is 0.206 e. The largest absolute Gasteiger partial charge is 0.299 e. The summed E-state index contributed by atoms with van der Waals surface area (Å²) in [6.45, 7) is 0. The van der Waals surface area contributed by atoms with Gasteiger partial charge in [-0.15, -0.1) is 0 Å². The standard InChI is InChI=1S/C23H21N3O3S/c1-26-23-14-22(11-7-19(23)16-25-26)30(28,29)21-9-5-17(6-10-21)13-20(27)8-4-18-3-2-12-24-15-18/h2-3,5-7,9-12,14-16H,4,8,13H2,1H3. The fourth-order valence-corrected chi connectivity index (χ4v) is 4.64. The fraction of sp³-hybridized carbons (Fsp3) is 0.174. The SMILES string of the molecule is Cn1ncc2ccc(S(=O)(=O)c3ccc(CC(=O)CCc4cccnc4)cc3)cc21. The molecular weight excluding hydrogens is 398 g/mol. The van der Waals surface area contributed by atoms with Crippen molar-refractivity contribution in [3.05, 3.63) is 84.3 Å². The third-order valence-electron chi connectivity index (χ3n) is 5.08. The molecule has 30 heavy (non-hydrogen) atoms. The Bertz CT molecular complexity index is 1290. The van der Waals surface area contributed by atoms with E-state index in [-0.39, 0.29) is 22.0 Å². The van der Waals surface area contributed by atoms with E-state index >= 15 is 0 Å². The van der Waals surface area contributed by atoms with Crippen LogP contribution in [0.25, 0.3) is 10.9 Å². The first-order valence-corrected chi connectivity index (χ1v) is 11.1. The van der Waals surface area contributed by atoms with Gasteiger partial charge < -0.3 is 0 Å². The van der Waals surface area contributed by atoms with Gasteiger partial charge in [-0.3, -0.25) is 14.5 Å². The van der Waals surface area contributed by atoms with E-state index < -0.39 is 9.84 Å². The Morgan fingerprint density at radius 2 is 1.73 bits per heavy atom. The van der Waals surface area contributed by atoms with Crippen LogP contribution in [-0.4, -0.2) is 29.0 Å². The molecule has 0 spiro atoms. The summed E-state index contributed by atoms with van der Waals surface area (Å²) in [5.41, 5.74) is 2.58. The average molecular weight is 420 g/mol. The summed E-state index contributed by atoms with van der Waals surface area (Å²) >= 11 is 0. The Morgan fingerprint density at radius 1 is 0.967 bits per heavy atom. The number of aryl methyl sites for hydroxylation is 2. The van der Waals surface area contributed by atoms with E-state index in [1.54, 1.807) is 72.8 Å². The fourth-order valence-electron chi connectivity index (χ4n) is 3.36. The molecule has 0 saturated heterocycles. The van der Waals surface area contributed by atoms with Crippen LogP contribution in [0.1, 0.15) is 17.5 Å². The molecule has 7 heteroatoms. The molecule has 0 atom stereocenters. The topological polar surface area (TPSA) is 81.9 Å². The number of carbonyl (C=O) groups is 1. The van der Waals surface area contributed by atoms with Crippen LogP contribution in [-0.2, 0) is 34.5 Å². The molecule has 0 aliphatic rings. The van der Waals surface area contributed by atoms with Crippen molar-refractivity contribution in [2.75, 3.05) is 0 Å². The van der Waals surface area contributed by atoms with Gasteiger partial charge in [0, 0.05) is 37.7 Å². The highest BCUT2D eigenvalue weighted by Crippen LogP contribution is 2.25. The van der Waals surface area contributed by atoms with Crippen molar-refractivity contribution in [3.63, 3.8) is 0 Å². The highest BCUT2D eigenvalue weighted by Gasteiger charge is 2.19. The second-order valence-corrected chi connectivity index (χ2v) is 9.16. The summed E-state index contributed by atoms with van der Waals surface area (Å²) in [5.74, 6) is 0.108. The Hall–Kier alpha value is -3.32. The van der Waals surface area contributed by atoms with Crippen LogP contribution in [0.15, 0.2) is 83.0 Å². The molecule has 0 bridgehead atoms. The van der Waals surface area contributed by atoms with Crippen LogP contribution in [0.5, 0.6) is 0 Å². The number of pyridine rings is 1. The van der Waals surface area contributed by atoms with Crippen LogP contribution in [0, 0.1) is 0 Å². The summed E-state index contributed by atoms with van der Waals surface area (Å²) < 4.78 is 27.6. The second kappa shape index (κ2) is 8.20. The van der Waals surface area contributed by atoms with Crippen molar-refractivity contribution < 1.29 is 13.2 Å². The molecule has 2 heterocycles. The molecule has 152 valence electrons. The number of hydrogen-bond acceptors (Lipinski definition) is 5. The highest BCUT2D eigenvalue weighted by atomic mass is 32.2. The van der Waals surface area contributed by atoms with Crippen LogP contribution in [0.2, 0.25) is 0 Å². The van der Waals surface area contributed by atoms with Crippen LogP contribution >= 0.6 is 0 Å². The zero-order valence-corrected chi connectivity index (χ0v) is 17.3. The number of carbonyl (C=O) groups excluding carboxylic acids is 1. The van der Waals surface area contributed by atoms with Gasteiger partial charge in [-0.1, -0.05) is 18.2 Å². The Labute approximate surface area is 175 Å². The van der Waals surface area contributed by atoms with Gasteiger partial charge in [-0.2, -0.15) is 5.10 Å². The Kier molecular flexibility index (Phi) is 5.46. The molecule has 0 radical (unpaired) electrons. The molecule has 0 amide bonds. The first kappa shape index (κ1) is 20.0. The monoisotopic (exact) mass is 419 g/mol. The van der Waals surface area contributed by atoms with Gasteiger partial charge in [0.15, 0.2) is 0 Å². The summed E-state index contributed by atoms with van der Waals surface area (Å²) in [4.78, 5) is 16.7. The van der Waals surface area contributed by atoms with Gasteiger partial charge in [-0.25, -0.2) is 8.42 Å². The minimum atomic E-state index is -3.65. The summed E-state index contributed by atoms with van der Waals surface area (Å²) in [5, 5.41) is 5.04. The van der Waals surface area contributed by atoms with E-state index in [4.69, 9.17) is 0 Å². The van der Waals surface area contributed by atoms with Gasteiger partial charge in [0.05, 0.1) is 21.5 Å². The number of ketones is 1. The maximum absolute atomic E-state index is 13.0. The van der Waals surface area contributed by atoms with Crippen molar-refractivity contribution >= 4 is 26.5 Å². The molecule has 2 aromatic carbocycles. The van der Waals surface area contributed by atoms with Crippen LogP contribution in [0.3, 0.4) is 0 Å². The van der Waals surface area contributed by atoms with Crippen LogP contribution in [0.4, 0.5) is 0 Å². The molecule has 6 nitrogen and oxygen atoms in total. The number of Topliss-reactive ketones (excluding diaryl/α,β-unsaturated/α-hetero) is 1. The lowest BCUT2D eigenvalue weighted by Crippen LogP contribution is -2.06. The lowest BCUT2D eigenvalue weighted by atomic mass is 10.0. The number of fused-ring (bicyclic) bond motifs is 1.